The predicted molar refractivity (Wildman–Crippen MR) is 203 cm³/mol. The number of nitrogens with zero attached hydrogens (tertiary/aromatic N) is 3. The van der Waals surface area contributed by atoms with Crippen molar-refractivity contribution in [1.29, 1.82) is 0 Å². The van der Waals surface area contributed by atoms with E-state index in [2.05, 4.69) is 15.2 Å². The van der Waals surface area contributed by atoms with E-state index >= 15 is 0 Å². The predicted octanol–water partition coefficient (Wildman–Crippen LogP) is 2.86. The number of hydrogen-bond acceptors (Lipinski definition) is 11. The van der Waals surface area contributed by atoms with Gasteiger partial charge in [-0.1, -0.05) is 36.4 Å². The lowest BCUT2D eigenvalue weighted by molar-refractivity contribution is -0.126. The van der Waals surface area contributed by atoms with Gasteiger partial charge in [-0.25, -0.2) is 16.8 Å². The topological polar surface area (TPSA) is 195 Å². The van der Waals surface area contributed by atoms with E-state index in [0.29, 0.717) is 31.0 Å². The molecule has 0 aliphatic carbocycles. The number of morpholine rings is 1. The van der Waals surface area contributed by atoms with E-state index in [1.54, 1.807) is 36.0 Å². The number of carbonyl (C=O) groups excluding carboxylic acids is 2. The molecule has 0 bridgehead atoms. The van der Waals surface area contributed by atoms with Crippen LogP contribution in [-0.4, -0.2) is 100 Å². The highest BCUT2D eigenvalue weighted by Gasteiger charge is 2.57. The van der Waals surface area contributed by atoms with E-state index < -0.39 is 37.2 Å². The third-order valence-corrected chi connectivity index (χ3v) is 13.7. The van der Waals surface area contributed by atoms with Gasteiger partial charge in [-0.3, -0.25) is 19.5 Å². The summed E-state index contributed by atoms with van der Waals surface area (Å²) in [5.74, 6) is -1.38. The number of amides is 2. The first kappa shape index (κ1) is 38.4. The lowest BCUT2D eigenvalue weighted by atomic mass is 9.76. The van der Waals surface area contributed by atoms with Crippen LogP contribution in [0, 0.1) is 0 Å². The Kier molecular flexibility index (Phi) is 11.6. The van der Waals surface area contributed by atoms with Gasteiger partial charge in [0.25, 0.3) is 0 Å². The maximum absolute atomic E-state index is 14.9. The van der Waals surface area contributed by atoms with Gasteiger partial charge in [-0.2, -0.15) is 4.31 Å². The van der Waals surface area contributed by atoms with Crippen LogP contribution >= 0.6 is 11.8 Å². The molecule has 280 valence electrons. The zero-order chi connectivity index (χ0) is 37.8. The van der Waals surface area contributed by atoms with Crippen LogP contribution in [0.25, 0.3) is 0 Å². The zero-order valence-electron chi connectivity index (χ0n) is 29.2. The number of sulfonamides is 1. The van der Waals surface area contributed by atoms with Crippen LogP contribution in [0.15, 0.2) is 106 Å². The minimum absolute atomic E-state index is 0.0224. The molecule has 4 aromatic rings. The number of hydrogen-bond donors (Lipinski definition) is 3. The summed E-state index contributed by atoms with van der Waals surface area (Å²) in [7, 11) is -8.72. The Balaban J connectivity index is 1.42. The standard InChI is InChI=1S/C37H42N6O7S3/c1-52(46,47)32-24-29(13-14-31(32)41-27(16-18-42-20-22-50-23-21-42)25-51-28-9-3-2-4-10-28)53(48,49)43-19-15-26-8-7-11-30(35(38)44)34(26)37(43,36(39)45)33-12-5-6-17-40-33/h2-14,17,24,27,41H,15-16,18-23,25H2,1H3,(H2,38,44)(H2,39,45)/t27-,37?/m1/s1. The molecule has 1 fully saturated rings. The number of nitrogens with one attached hydrogen (secondary N) is 1. The van der Waals surface area contributed by atoms with Gasteiger partial charge in [0.1, 0.15) is 0 Å². The second kappa shape index (κ2) is 16.0. The fraction of sp³-hybridized carbons (Fsp3) is 0.324. The number of carbonyl (C=O) groups is 2. The lowest BCUT2D eigenvalue weighted by Gasteiger charge is -2.45. The Hall–Kier alpha value is -4.32. The largest absolute Gasteiger partial charge is 0.380 e. The lowest BCUT2D eigenvalue weighted by Crippen LogP contribution is -2.61. The molecule has 16 heteroatoms. The molecule has 2 aliphatic rings. The van der Waals surface area contributed by atoms with E-state index in [-0.39, 0.29) is 51.3 Å². The third-order valence-electron chi connectivity index (χ3n) is 9.52. The molecule has 0 saturated carbocycles. The van der Waals surface area contributed by atoms with E-state index in [9.17, 15) is 26.4 Å². The smallest absolute Gasteiger partial charge is 0.249 e. The zero-order valence-corrected chi connectivity index (χ0v) is 31.6. The molecule has 5 N–H and O–H groups in total. The molecule has 2 aliphatic heterocycles. The Morgan fingerprint density at radius 3 is 2.34 bits per heavy atom. The van der Waals surface area contributed by atoms with E-state index in [1.165, 1.54) is 30.5 Å². The minimum atomic E-state index is -4.72. The van der Waals surface area contributed by atoms with Crippen LogP contribution < -0.4 is 16.8 Å². The van der Waals surface area contributed by atoms with Crippen LogP contribution in [0.3, 0.4) is 0 Å². The average molecular weight is 779 g/mol. The second-order valence-corrected chi connectivity index (χ2v) is 17.9. The van der Waals surface area contributed by atoms with Gasteiger partial charge in [0.05, 0.1) is 34.4 Å². The molecule has 2 amide bonds. The van der Waals surface area contributed by atoms with E-state index in [4.69, 9.17) is 16.2 Å². The van der Waals surface area contributed by atoms with Crippen molar-refractivity contribution in [3.8, 4) is 0 Å². The van der Waals surface area contributed by atoms with Crippen LogP contribution in [0.5, 0.6) is 0 Å². The number of aromatic nitrogens is 1. The number of nitrogens with two attached hydrogens (primary N) is 2. The molecule has 0 radical (unpaired) electrons. The Morgan fingerprint density at radius 1 is 0.943 bits per heavy atom. The normalized spacial score (nSPS) is 18.9. The summed E-state index contributed by atoms with van der Waals surface area (Å²) in [6.07, 6.45) is 3.20. The molecular formula is C37H42N6O7S3. The van der Waals surface area contributed by atoms with Crippen molar-refractivity contribution >= 4 is 49.1 Å². The summed E-state index contributed by atoms with van der Waals surface area (Å²) >= 11 is 1.63. The summed E-state index contributed by atoms with van der Waals surface area (Å²) in [5.41, 5.74) is 10.3. The monoisotopic (exact) mass is 778 g/mol. The van der Waals surface area contributed by atoms with Gasteiger partial charge in [-0.05, 0) is 66.9 Å². The number of thioether (sulfide) groups is 1. The molecule has 3 heterocycles. The average Bonchev–Trinajstić information content (AvgIpc) is 3.15. The number of pyridine rings is 1. The molecule has 0 spiro atoms. The Labute approximate surface area is 314 Å². The van der Waals surface area contributed by atoms with Gasteiger partial charge in [0.15, 0.2) is 15.4 Å². The molecule has 13 nitrogen and oxygen atoms in total. The van der Waals surface area contributed by atoms with Gasteiger partial charge in [0, 0.05) is 66.4 Å². The maximum Gasteiger partial charge on any atom is 0.249 e. The summed E-state index contributed by atoms with van der Waals surface area (Å²) in [4.78, 5) is 33.8. The first-order valence-corrected chi connectivity index (χ1v) is 21.4. The van der Waals surface area contributed by atoms with Crippen molar-refractivity contribution in [1.82, 2.24) is 14.2 Å². The summed E-state index contributed by atoms with van der Waals surface area (Å²) in [6.45, 7) is 3.42. The third kappa shape index (κ3) is 7.98. The van der Waals surface area contributed by atoms with E-state index in [0.717, 1.165) is 41.2 Å². The quantitative estimate of drug-likeness (QED) is 0.159. The second-order valence-electron chi connectivity index (χ2n) is 13.0. The van der Waals surface area contributed by atoms with Crippen LogP contribution in [0.4, 0.5) is 5.69 Å². The van der Waals surface area contributed by atoms with Crippen LogP contribution in [-0.2, 0) is 41.4 Å². The maximum atomic E-state index is 14.9. The molecule has 53 heavy (non-hydrogen) atoms. The SMILES string of the molecule is CS(=O)(=O)c1cc(S(=O)(=O)N2CCc3cccc(C(N)=O)c3C2(C(N)=O)c2ccccn2)ccc1N[C@H](CCN1CCOCC1)CSc1ccccc1. The molecular weight excluding hydrogens is 737 g/mol. The molecule has 6 rings (SSSR count). The fourth-order valence-electron chi connectivity index (χ4n) is 6.97. The molecule has 1 saturated heterocycles. The molecule has 2 atom stereocenters. The van der Waals surface area contributed by atoms with Crippen molar-refractivity contribution in [3.63, 3.8) is 0 Å². The van der Waals surface area contributed by atoms with Crippen LogP contribution in [0.2, 0.25) is 0 Å². The van der Waals surface area contributed by atoms with Crippen molar-refractivity contribution in [2.24, 2.45) is 11.5 Å². The number of anilines is 1. The van der Waals surface area contributed by atoms with Gasteiger partial charge < -0.3 is 21.5 Å². The van der Waals surface area contributed by atoms with Gasteiger partial charge >= 0.3 is 0 Å². The molecule has 1 unspecified atom stereocenters. The number of ether oxygens (including phenoxy) is 1. The Bertz CT molecular complexity index is 2180. The Morgan fingerprint density at radius 2 is 1.68 bits per heavy atom. The highest BCUT2D eigenvalue weighted by Crippen LogP contribution is 2.45. The fourth-order valence-corrected chi connectivity index (χ4v) is 10.6. The number of sulfone groups is 1. The van der Waals surface area contributed by atoms with Crippen LogP contribution in [0.1, 0.15) is 33.6 Å². The van der Waals surface area contributed by atoms with Crippen molar-refractivity contribution in [2.75, 3.05) is 56.7 Å². The first-order chi connectivity index (χ1) is 25.3. The molecule has 3 aromatic carbocycles. The first-order valence-electron chi connectivity index (χ1n) is 17.1. The van der Waals surface area contributed by atoms with Gasteiger partial charge in [-0.15, -0.1) is 11.8 Å². The number of benzene rings is 3. The number of primary amides is 2. The summed E-state index contributed by atoms with van der Waals surface area (Å²) < 4.78 is 62.9. The number of rotatable bonds is 14. The van der Waals surface area contributed by atoms with Crippen molar-refractivity contribution in [2.45, 2.75) is 39.1 Å². The minimum Gasteiger partial charge on any atom is -0.380 e. The molecule has 1 aromatic heterocycles. The van der Waals surface area contributed by atoms with Crippen molar-refractivity contribution < 1.29 is 31.2 Å². The van der Waals surface area contributed by atoms with E-state index in [1.807, 2.05) is 30.3 Å². The summed E-state index contributed by atoms with van der Waals surface area (Å²) in [5, 5.41) is 3.41. The summed E-state index contributed by atoms with van der Waals surface area (Å²) in [6, 6.07) is 22.9. The highest BCUT2D eigenvalue weighted by atomic mass is 32.2. The van der Waals surface area contributed by atoms with Gasteiger partial charge in [0.2, 0.25) is 21.8 Å². The van der Waals surface area contributed by atoms with Crippen molar-refractivity contribution in [3.05, 3.63) is 114 Å². The number of fused-ring (bicyclic) bond motifs is 1. The highest BCUT2D eigenvalue weighted by molar-refractivity contribution is 7.99.